The van der Waals surface area contributed by atoms with Crippen LogP contribution in [-0.4, -0.2) is 112 Å². The third-order valence-electron chi connectivity index (χ3n) is 2.79. The highest BCUT2D eigenvalue weighted by molar-refractivity contribution is 5.88. The quantitative estimate of drug-likeness (QED) is 0.168. The molecule has 0 aromatic heterocycles. The fourth-order valence-electron chi connectivity index (χ4n) is 1.38. The standard InChI is InChI=1S/C6H8O7.C6H12O7/c7-3(8)1-6(13,5(11)12)2-4(9)10;7-1-2(8)3(9)4(10)5(11)6(12)13/h13H,1-2H2,(H,7,8)(H,9,10)(H,11,12);2-5,7-11H,1H2,(H,12,13). The number of rotatable bonds is 10. The maximum Gasteiger partial charge on any atom is 0.336 e. The Morgan fingerprint density at radius 2 is 1.15 bits per heavy atom. The molecule has 0 spiro atoms. The Bertz CT molecular complexity index is 486. The van der Waals surface area contributed by atoms with Crippen molar-refractivity contribution in [1.29, 1.82) is 0 Å². The molecule has 14 heteroatoms. The molecule has 0 saturated carbocycles. The Morgan fingerprint density at radius 1 is 0.769 bits per heavy atom. The molecule has 0 fully saturated rings. The second kappa shape index (κ2) is 11.3. The maximum absolute atomic E-state index is 10.3. The summed E-state index contributed by atoms with van der Waals surface area (Å²) in [5.41, 5.74) is -2.74. The number of carboxylic acids is 4. The first-order valence-electron chi connectivity index (χ1n) is 6.64. The molecule has 0 saturated heterocycles. The van der Waals surface area contributed by atoms with E-state index in [1.54, 1.807) is 0 Å². The summed E-state index contributed by atoms with van der Waals surface area (Å²) in [5, 5.41) is 85.6. The Morgan fingerprint density at radius 3 is 1.38 bits per heavy atom. The second-order valence-electron chi connectivity index (χ2n) is 4.99. The molecule has 0 amide bonds. The fraction of sp³-hybridized carbons (Fsp3) is 0.667. The largest absolute Gasteiger partial charge is 0.481 e. The predicted molar refractivity (Wildman–Crippen MR) is 75.8 cm³/mol. The van der Waals surface area contributed by atoms with Gasteiger partial charge in [-0.25, -0.2) is 9.59 Å². The van der Waals surface area contributed by atoms with Crippen molar-refractivity contribution in [3.63, 3.8) is 0 Å². The highest BCUT2D eigenvalue weighted by atomic mass is 16.4. The summed E-state index contributed by atoms with van der Waals surface area (Å²) in [6.07, 6.45) is -10.1. The van der Waals surface area contributed by atoms with Gasteiger partial charge in [0.05, 0.1) is 19.4 Å². The molecule has 26 heavy (non-hydrogen) atoms. The van der Waals surface area contributed by atoms with Gasteiger partial charge in [0.1, 0.15) is 18.3 Å². The Hall–Kier alpha value is -2.36. The maximum atomic E-state index is 10.3. The van der Waals surface area contributed by atoms with Crippen molar-refractivity contribution >= 4 is 23.9 Å². The van der Waals surface area contributed by atoms with E-state index in [0.29, 0.717) is 0 Å². The Balaban J connectivity index is 0. The molecule has 4 atom stereocenters. The Kier molecular flexibility index (Phi) is 11.2. The zero-order valence-electron chi connectivity index (χ0n) is 13.0. The van der Waals surface area contributed by atoms with E-state index >= 15 is 0 Å². The van der Waals surface area contributed by atoms with E-state index in [9.17, 15) is 19.2 Å². The van der Waals surface area contributed by atoms with Gasteiger partial charge in [0.2, 0.25) is 0 Å². The zero-order valence-corrected chi connectivity index (χ0v) is 13.0. The van der Waals surface area contributed by atoms with Crippen LogP contribution < -0.4 is 0 Å². The lowest BCUT2D eigenvalue weighted by Crippen LogP contribution is -2.48. The predicted octanol–water partition coefficient (Wildman–Crippen LogP) is -4.74. The van der Waals surface area contributed by atoms with Crippen LogP contribution in [0.25, 0.3) is 0 Å². The molecule has 0 heterocycles. The van der Waals surface area contributed by atoms with E-state index in [1.165, 1.54) is 0 Å². The minimum atomic E-state index is -2.74. The molecule has 0 aliphatic carbocycles. The van der Waals surface area contributed by atoms with Crippen LogP contribution >= 0.6 is 0 Å². The minimum absolute atomic E-state index is 0.843. The highest BCUT2D eigenvalue weighted by Gasteiger charge is 2.40. The second-order valence-corrected chi connectivity index (χ2v) is 4.99. The van der Waals surface area contributed by atoms with Gasteiger partial charge in [0.15, 0.2) is 11.7 Å². The van der Waals surface area contributed by atoms with Crippen LogP contribution in [0.1, 0.15) is 12.8 Å². The molecule has 14 nitrogen and oxygen atoms in total. The number of carboxylic acid groups (broad SMARTS) is 4. The van der Waals surface area contributed by atoms with E-state index < -0.39 is 73.3 Å². The molecular formula is C12H20O14. The van der Waals surface area contributed by atoms with Gasteiger partial charge in [0, 0.05) is 0 Å². The van der Waals surface area contributed by atoms with E-state index in [4.69, 9.17) is 51.1 Å². The van der Waals surface area contributed by atoms with Gasteiger partial charge >= 0.3 is 23.9 Å². The number of aliphatic carboxylic acids is 4. The highest BCUT2D eigenvalue weighted by Crippen LogP contribution is 2.15. The summed E-state index contributed by atoms with van der Waals surface area (Å²) < 4.78 is 0. The summed E-state index contributed by atoms with van der Waals surface area (Å²) in [7, 11) is 0. The topological polar surface area (TPSA) is 271 Å². The van der Waals surface area contributed by atoms with Gasteiger partial charge < -0.3 is 51.1 Å². The van der Waals surface area contributed by atoms with Crippen LogP contribution in [0.3, 0.4) is 0 Å². The molecule has 0 aromatic rings. The van der Waals surface area contributed by atoms with Crippen molar-refractivity contribution in [1.82, 2.24) is 0 Å². The van der Waals surface area contributed by atoms with Crippen molar-refractivity contribution in [3.05, 3.63) is 0 Å². The first-order chi connectivity index (χ1) is 11.7. The molecule has 0 aliphatic heterocycles. The van der Waals surface area contributed by atoms with Crippen molar-refractivity contribution in [2.45, 2.75) is 42.9 Å². The summed E-state index contributed by atoms with van der Waals surface area (Å²) in [6, 6.07) is 0. The van der Waals surface area contributed by atoms with Crippen LogP contribution in [0.5, 0.6) is 0 Å². The molecular weight excluding hydrogens is 368 g/mol. The minimum Gasteiger partial charge on any atom is -0.481 e. The van der Waals surface area contributed by atoms with Gasteiger partial charge in [-0.15, -0.1) is 0 Å². The smallest absolute Gasteiger partial charge is 0.336 e. The fourth-order valence-corrected chi connectivity index (χ4v) is 1.38. The SMILES string of the molecule is O=C(O)C(O)C(O)C(O)C(O)CO.O=C(O)CC(O)(CC(=O)O)C(=O)O. The molecule has 152 valence electrons. The monoisotopic (exact) mass is 388 g/mol. The van der Waals surface area contributed by atoms with Crippen LogP contribution in [0.4, 0.5) is 0 Å². The van der Waals surface area contributed by atoms with Crippen LogP contribution in [0.15, 0.2) is 0 Å². The number of aliphatic hydroxyl groups excluding tert-OH is 5. The third kappa shape index (κ3) is 9.21. The average Bonchev–Trinajstić information content (AvgIpc) is 2.50. The third-order valence-corrected chi connectivity index (χ3v) is 2.79. The molecule has 0 aromatic carbocycles. The van der Waals surface area contributed by atoms with Gasteiger partial charge in [-0.3, -0.25) is 9.59 Å². The zero-order chi connectivity index (χ0) is 21.2. The lowest BCUT2D eigenvalue weighted by Gasteiger charge is -2.23. The lowest BCUT2D eigenvalue weighted by molar-refractivity contribution is -0.170. The number of hydrogen-bond acceptors (Lipinski definition) is 10. The summed E-state index contributed by atoms with van der Waals surface area (Å²) in [6.45, 7) is -0.843. The van der Waals surface area contributed by atoms with E-state index in [-0.39, 0.29) is 0 Å². The van der Waals surface area contributed by atoms with Gasteiger partial charge in [-0.05, 0) is 0 Å². The summed E-state index contributed by atoms with van der Waals surface area (Å²) >= 11 is 0. The van der Waals surface area contributed by atoms with Crippen molar-refractivity contribution < 1.29 is 70.2 Å². The van der Waals surface area contributed by atoms with Crippen molar-refractivity contribution in [3.8, 4) is 0 Å². The molecule has 0 radical (unpaired) electrons. The summed E-state index contributed by atoms with van der Waals surface area (Å²) in [5.74, 6) is -6.74. The first-order valence-corrected chi connectivity index (χ1v) is 6.64. The van der Waals surface area contributed by atoms with Gasteiger partial charge in [-0.2, -0.15) is 0 Å². The van der Waals surface area contributed by atoms with E-state index in [2.05, 4.69) is 0 Å². The normalized spacial score (nSPS) is 15.6. The molecule has 0 bridgehead atoms. The van der Waals surface area contributed by atoms with Gasteiger partial charge in [0.25, 0.3) is 0 Å². The van der Waals surface area contributed by atoms with Gasteiger partial charge in [-0.1, -0.05) is 0 Å². The van der Waals surface area contributed by atoms with Crippen LogP contribution in [0.2, 0.25) is 0 Å². The number of aliphatic hydroxyl groups is 6. The van der Waals surface area contributed by atoms with Crippen molar-refractivity contribution in [2.75, 3.05) is 6.61 Å². The van der Waals surface area contributed by atoms with Crippen LogP contribution in [0, 0.1) is 0 Å². The first kappa shape index (κ1) is 25.9. The summed E-state index contributed by atoms with van der Waals surface area (Å²) in [4.78, 5) is 40.6. The number of carbonyl (C=O) groups is 4. The Labute approximate surface area is 144 Å². The lowest BCUT2D eigenvalue weighted by atomic mass is 9.96. The molecule has 0 aliphatic rings. The molecule has 0 rings (SSSR count). The average molecular weight is 388 g/mol. The van der Waals surface area contributed by atoms with Crippen LogP contribution in [-0.2, 0) is 19.2 Å². The molecule has 4 unspecified atom stereocenters. The van der Waals surface area contributed by atoms with E-state index in [0.717, 1.165) is 0 Å². The number of hydrogen-bond donors (Lipinski definition) is 10. The van der Waals surface area contributed by atoms with E-state index in [1.807, 2.05) is 0 Å². The molecule has 10 N–H and O–H groups in total. The van der Waals surface area contributed by atoms with Crippen molar-refractivity contribution in [2.24, 2.45) is 0 Å².